The molecule has 2 saturated heterocycles. The molecular formula is C17H34N2O. The molecule has 0 unspecified atom stereocenters. The van der Waals surface area contributed by atoms with Gasteiger partial charge in [0.15, 0.2) is 0 Å². The van der Waals surface area contributed by atoms with E-state index in [1.54, 1.807) is 0 Å². The molecule has 0 aromatic heterocycles. The Hall–Kier alpha value is -0.120. The number of hydrogen-bond acceptors (Lipinski definition) is 3. The molecule has 2 aliphatic heterocycles. The third kappa shape index (κ3) is 5.01. The fraction of sp³-hybridized carbons (Fsp3) is 1.00. The normalized spacial score (nSPS) is 24.6. The second-order valence-corrected chi connectivity index (χ2v) is 6.99. The minimum absolute atomic E-state index is 0.709. The van der Waals surface area contributed by atoms with E-state index in [0.29, 0.717) is 6.04 Å². The summed E-state index contributed by atoms with van der Waals surface area (Å²) in [6.45, 7) is 15.2. The Balaban J connectivity index is 1.54. The molecule has 0 atom stereocenters. The highest BCUT2D eigenvalue weighted by Gasteiger charge is 2.22. The molecule has 2 heterocycles. The lowest BCUT2D eigenvalue weighted by molar-refractivity contribution is 0.0281. The Kier molecular flexibility index (Phi) is 6.79. The molecule has 3 heteroatoms. The van der Waals surface area contributed by atoms with Gasteiger partial charge in [0.25, 0.3) is 0 Å². The summed E-state index contributed by atoms with van der Waals surface area (Å²) in [5, 5.41) is 0. The van der Waals surface area contributed by atoms with Crippen molar-refractivity contribution in [3.05, 3.63) is 0 Å². The quantitative estimate of drug-likeness (QED) is 0.745. The molecule has 0 aliphatic carbocycles. The van der Waals surface area contributed by atoms with Crippen molar-refractivity contribution in [3.63, 3.8) is 0 Å². The highest BCUT2D eigenvalue weighted by molar-refractivity contribution is 4.75. The fourth-order valence-electron chi connectivity index (χ4n) is 3.51. The molecule has 0 bridgehead atoms. The van der Waals surface area contributed by atoms with Crippen LogP contribution in [0.3, 0.4) is 0 Å². The maximum absolute atomic E-state index is 6.04. The predicted octanol–water partition coefficient (Wildman–Crippen LogP) is 2.86. The lowest BCUT2D eigenvalue weighted by Crippen LogP contribution is -2.39. The third-order valence-electron chi connectivity index (χ3n) is 5.24. The van der Waals surface area contributed by atoms with Gasteiger partial charge in [-0.2, -0.15) is 0 Å². The van der Waals surface area contributed by atoms with Crippen LogP contribution in [0.4, 0.5) is 0 Å². The first-order valence-electron chi connectivity index (χ1n) is 8.73. The van der Waals surface area contributed by atoms with Gasteiger partial charge in [0.2, 0.25) is 0 Å². The third-order valence-corrected chi connectivity index (χ3v) is 5.24. The van der Waals surface area contributed by atoms with Crippen molar-refractivity contribution < 1.29 is 4.74 Å². The van der Waals surface area contributed by atoms with Gasteiger partial charge in [0.1, 0.15) is 0 Å². The summed E-state index contributed by atoms with van der Waals surface area (Å²) in [5.74, 6) is 1.62. The number of ether oxygens (including phenoxy) is 1. The number of rotatable bonds is 6. The molecule has 2 rings (SSSR count). The van der Waals surface area contributed by atoms with Crippen molar-refractivity contribution in [1.29, 1.82) is 0 Å². The largest absolute Gasteiger partial charge is 0.381 e. The van der Waals surface area contributed by atoms with Gasteiger partial charge in [-0.15, -0.1) is 0 Å². The van der Waals surface area contributed by atoms with E-state index in [9.17, 15) is 0 Å². The van der Waals surface area contributed by atoms with Gasteiger partial charge in [0.05, 0.1) is 0 Å². The standard InChI is InChI=1S/C17H34N2O/c1-4-18-9-5-16(6-10-18)13-20-14-17-7-11-19(12-8-17)15(2)3/h15-17H,4-14H2,1-3H3. The van der Waals surface area contributed by atoms with Crippen LogP contribution in [0, 0.1) is 11.8 Å². The second kappa shape index (κ2) is 8.35. The summed E-state index contributed by atoms with van der Waals surface area (Å²) in [4.78, 5) is 5.15. The maximum atomic E-state index is 6.04. The highest BCUT2D eigenvalue weighted by atomic mass is 16.5. The Morgan fingerprint density at radius 2 is 1.40 bits per heavy atom. The average Bonchev–Trinajstić information content (AvgIpc) is 2.48. The van der Waals surface area contributed by atoms with Crippen LogP contribution in [-0.2, 0) is 4.74 Å². The maximum Gasteiger partial charge on any atom is 0.0495 e. The van der Waals surface area contributed by atoms with Crippen LogP contribution in [0.15, 0.2) is 0 Å². The lowest BCUT2D eigenvalue weighted by Gasteiger charge is -2.35. The summed E-state index contributed by atoms with van der Waals surface area (Å²) < 4.78 is 6.04. The number of piperidine rings is 2. The van der Waals surface area contributed by atoms with E-state index in [2.05, 4.69) is 30.6 Å². The molecule has 0 aromatic carbocycles. The summed E-state index contributed by atoms with van der Waals surface area (Å²) in [5.41, 5.74) is 0. The molecule has 0 spiro atoms. The van der Waals surface area contributed by atoms with Gasteiger partial charge in [-0.1, -0.05) is 6.92 Å². The van der Waals surface area contributed by atoms with Crippen LogP contribution in [0.25, 0.3) is 0 Å². The van der Waals surface area contributed by atoms with Crippen LogP contribution >= 0.6 is 0 Å². The van der Waals surface area contributed by atoms with Crippen LogP contribution in [0.5, 0.6) is 0 Å². The Labute approximate surface area is 125 Å². The first kappa shape index (κ1) is 16.3. The van der Waals surface area contributed by atoms with E-state index in [4.69, 9.17) is 4.74 Å². The molecule has 118 valence electrons. The van der Waals surface area contributed by atoms with Gasteiger partial charge < -0.3 is 14.5 Å². The van der Waals surface area contributed by atoms with Crippen LogP contribution in [-0.4, -0.2) is 61.8 Å². The Bertz CT molecular complexity index is 254. The first-order valence-corrected chi connectivity index (χ1v) is 8.73. The molecule has 0 saturated carbocycles. The number of hydrogen-bond donors (Lipinski definition) is 0. The van der Waals surface area contributed by atoms with Gasteiger partial charge in [-0.05, 0) is 84.1 Å². The van der Waals surface area contributed by atoms with Crippen molar-refractivity contribution in [2.24, 2.45) is 11.8 Å². The molecule has 20 heavy (non-hydrogen) atoms. The lowest BCUT2D eigenvalue weighted by atomic mass is 9.96. The van der Waals surface area contributed by atoms with Gasteiger partial charge >= 0.3 is 0 Å². The van der Waals surface area contributed by atoms with Crippen LogP contribution < -0.4 is 0 Å². The zero-order valence-electron chi connectivity index (χ0n) is 13.8. The zero-order chi connectivity index (χ0) is 14.4. The summed E-state index contributed by atoms with van der Waals surface area (Å²) in [6.07, 6.45) is 5.32. The molecule has 3 nitrogen and oxygen atoms in total. The van der Waals surface area contributed by atoms with Gasteiger partial charge in [-0.25, -0.2) is 0 Å². The Morgan fingerprint density at radius 1 is 0.900 bits per heavy atom. The molecule has 2 fully saturated rings. The fourth-order valence-corrected chi connectivity index (χ4v) is 3.51. The van der Waals surface area contributed by atoms with E-state index in [-0.39, 0.29) is 0 Å². The minimum atomic E-state index is 0.709. The zero-order valence-corrected chi connectivity index (χ0v) is 13.8. The monoisotopic (exact) mass is 282 g/mol. The predicted molar refractivity (Wildman–Crippen MR) is 85.1 cm³/mol. The molecule has 0 amide bonds. The van der Waals surface area contributed by atoms with Gasteiger partial charge in [0, 0.05) is 19.3 Å². The summed E-state index contributed by atoms with van der Waals surface area (Å²) in [7, 11) is 0. The second-order valence-electron chi connectivity index (χ2n) is 6.99. The van der Waals surface area contributed by atoms with Crippen molar-refractivity contribution in [2.45, 2.75) is 52.5 Å². The van der Waals surface area contributed by atoms with Crippen molar-refractivity contribution in [1.82, 2.24) is 9.80 Å². The molecule has 0 N–H and O–H groups in total. The smallest absolute Gasteiger partial charge is 0.0495 e. The minimum Gasteiger partial charge on any atom is -0.381 e. The summed E-state index contributed by atoms with van der Waals surface area (Å²) in [6, 6.07) is 0.709. The SMILES string of the molecule is CCN1CCC(COCC2CCN(C(C)C)CC2)CC1. The Morgan fingerprint density at radius 3 is 1.85 bits per heavy atom. The topological polar surface area (TPSA) is 15.7 Å². The van der Waals surface area contributed by atoms with Gasteiger partial charge in [-0.3, -0.25) is 0 Å². The van der Waals surface area contributed by atoms with Crippen molar-refractivity contribution in [2.75, 3.05) is 45.9 Å². The van der Waals surface area contributed by atoms with E-state index >= 15 is 0 Å². The van der Waals surface area contributed by atoms with E-state index in [0.717, 1.165) is 25.0 Å². The molecule has 2 aliphatic rings. The molecular weight excluding hydrogens is 248 g/mol. The van der Waals surface area contributed by atoms with Crippen molar-refractivity contribution in [3.8, 4) is 0 Å². The van der Waals surface area contributed by atoms with E-state index in [1.807, 2.05) is 0 Å². The number of likely N-dealkylation sites (tertiary alicyclic amines) is 2. The van der Waals surface area contributed by atoms with Crippen LogP contribution in [0.2, 0.25) is 0 Å². The molecule has 0 radical (unpaired) electrons. The molecule has 0 aromatic rings. The van der Waals surface area contributed by atoms with E-state index < -0.39 is 0 Å². The van der Waals surface area contributed by atoms with Crippen LogP contribution in [0.1, 0.15) is 46.5 Å². The number of nitrogens with zero attached hydrogens (tertiary/aromatic N) is 2. The van der Waals surface area contributed by atoms with Crippen molar-refractivity contribution >= 4 is 0 Å². The van der Waals surface area contributed by atoms with E-state index in [1.165, 1.54) is 58.4 Å². The highest BCUT2D eigenvalue weighted by Crippen LogP contribution is 2.21. The average molecular weight is 282 g/mol. The summed E-state index contributed by atoms with van der Waals surface area (Å²) >= 11 is 0. The first-order chi connectivity index (χ1) is 9.69.